The maximum Gasteiger partial charge on any atom is 0.251 e. The Morgan fingerprint density at radius 2 is 1.74 bits per heavy atom. The number of nitrogens with two attached hydrogens (primary N) is 1. The zero-order chi connectivity index (χ0) is 14.0. The summed E-state index contributed by atoms with van der Waals surface area (Å²) >= 11 is 11.8. The van der Waals surface area contributed by atoms with Gasteiger partial charge in [0.1, 0.15) is 0 Å². The summed E-state index contributed by atoms with van der Waals surface area (Å²) in [6.07, 6.45) is 2.75. The van der Waals surface area contributed by atoms with Gasteiger partial charge in [0, 0.05) is 11.6 Å². The molecule has 0 unspecified atom stereocenters. The van der Waals surface area contributed by atoms with Gasteiger partial charge in [-0.1, -0.05) is 23.2 Å². The quantitative estimate of drug-likeness (QED) is 0.735. The monoisotopic (exact) mass is 302 g/mol. The molecule has 4 N–H and O–H groups in total. The highest BCUT2D eigenvalue weighted by Crippen LogP contribution is 2.29. The highest BCUT2D eigenvalue weighted by atomic mass is 35.5. The number of rotatable bonds is 2. The molecule has 0 aliphatic heterocycles. The fourth-order valence-electron chi connectivity index (χ4n) is 2.20. The first-order valence-corrected chi connectivity index (χ1v) is 6.96. The molecule has 0 saturated heterocycles. The lowest BCUT2D eigenvalue weighted by Gasteiger charge is -2.26. The molecule has 0 heterocycles. The van der Waals surface area contributed by atoms with E-state index < -0.39 is 0 Å². The minimum Gasteiger partial charge on any atom is -0.396 e. The smallest absolute Gasteiger partial charge is 0.251 e. The third-order valence-corrected chi connectivity index (χ3v) is 4.00. The molecule has 0 aromatic heterocycles. The third kappa shape index (κ3) is 3.53. The Bertz CT molecular complexity index is 463. The van der Waals surface area contributed by atoms with Crippen LogP contribution in [0.1, 0.15) is 36.0 Å². The number of hydrogen-bond donors (Lipinski definition) is 3. The van der Waals surface area contributed by atoms with E-state index in [4.69, 9.17) is 28.9 Å². The summed E-state index contributed by atoms with van der Waals surface area (Å²) in [6.45, 7) is 0. The predicted molar refractivity (Wildman–Crippen MR) is 76.6 cm³/mol. The van der Waals surface area contributed by atoms with Crippen molar-refractivity contribution in [1.82, 2.24) is 5.32 Å². The van der Waals surface area contributed by atoms with Crippen LogP contribution in [0, 0.1) is 0 Å². The van der Waals surface area contributed by atoms with Crippen LogP contribution < -0.4 is 11.1 Å². The minimum absolute atomic E-state index is 0.0889. The molecule has 4 nitrogen and oxygen atoms in total. The Morgan fingerprint density at radius 1 is 1.21 bits per heavy atom. The number of halogens is 2. The zero-order valence-electron chi connectivity index (χ0n) is 10.3. The highest BCUT2D eigenvalue weighted by molar-refractivity contribution is 6.39. The van der Waals surface area contributed by atoms with Gasteiger partial charge < -0.3 is 16.2 Å². The van der Waals surface area contributed by atoms with E-state index in [1.165, 1.54) is 12.1 Å². The number of nitrogens with one attached hydrogen (secondary N) is 1. The molecule has 1 aliphatic rings. The van der Waals surface area contributed by atoms with Crippen molar-refractivity contribution in [3.8, 4) is 0 Å². The van der Waals surface area contributed by atoms with E-state index in [-0.39, 0.29) is 33.8 Å². The summed E-state index contributed by atoms with van der Waals surface area (Å²) in [7, 11) is 0. The van der Waals surface area contributed by atoms with Crippen molar-refractivity contribution in [2.24, 2.45) is 0 Å². The number of carbonyl (C=O) groups excluding carboxylic acids is 1. The van der Waals surface area contributed by atoms with Gasteiger partial charge in [-0.25, -0.2) is 0 Å². The molecule has 1 aromatic rings. The largest absolute Gasteiger partial charge is 0.396 e. The van der Waals surface area contributed by atoms with Crippen LogP contribution >= 0.6 is 23.2 Å². The topological polar surface area (TPSA) is 75.4 Å². The summed E-state index contributed by atoms with van der Waals surface area (Å²) < 4.78 is 0. The second-order valence-corrected chi connectivity index (χ2v) is 5.65. The van der Waals surface area contributed by atoms with E-state index in [0.29, 0.717) is 18.4 Å². The van der Waals surface area contributed by atoms with Crippen molar-refractivity contribution < 1.29 is 9.90 Å². The van der Waals surface area contributed by atoms with E-state index in [9.17, 15) is 9.90 Å². The lowest BCUT2D eigenvalue weighted by atomic mass is 9.93. The number of hydrogen-bond acceptors (Lipinski definition) is 3. The summed E-state index contributed by atoms with van der Waals surface area (Å²) in [4.78, 5) is 12.1. The summed E-state index contributed by atoms with van der Waals surface area (Å²) in [5.41, 5.74) is 6.30. The van der Waals surface area contributed by atoms with Gasteiger partial charge in [-0.2, -0.15) is 0 Å². The van der Waals surface area contributed by atoms with E-state index >= 15 is 0 Å². The third-order valence-electron chi connectivity index (χ3n) is 3.37. The van der Waals surface area contributed by atoms with Gasteiger partial charge in [-0.05, 0) is 37.8 Å². The summed E-state index contributed by atoms with van der Waals surface area (Å²) in [6, 6.07) is 3.11. The van der Waals surface area contributed by atoms with Crippen LogP contribution in [0.5, 0.6) is 0 Å². The standard InChI is InChI=1S/C13H16Cl2N2O2/c14-10-5-7(6-11(15)12(10)16)13(19)17-8-1-3-9(18)4-2-8/h5-6,8-9,18H,1-4,16H2,(H,17,19). The van der Waals surface area contributed by atoms with Crippen LogP contribution in [0.15, 0.2) is 12.1 Å². The van der Waals surface area contributed by atoms with Crippen LogP contribution in [0.25, 0.3) is 0 Å². The SMILES string of the molecule is Nc1c(Cl)cc(C(=O)NC2CCC(O)CC2)cc1Cl. The maximum atomic E-state index is 12.1. The van der Waals surface area contributed by atoms with Crippen molar-refractivity contribution >= 4 is 34.8 Å². The lowest BCUT2D eigenvalue weighted by molar-refractivity contribution is 0.0867. The Balaban J connectivity index is 2.04. The fraction of sp³-hybridized carbons (Fsp3) is 0.462. The van der Waals surface area contributed by atoms with Crippen LogP contribution in [0.4, 0.5) is 5.69 Å². The molecule has 1 fully saturated rings. The van der Waals surface area contributed by atoms with Gasteiger partial charge in [0.25, 0.3) is 5.91 Å². The van der Waals surface area contributed by atoms with Gasteiger partial charge >= 0.3 is 0 Å². The summed E-state index contributed by atoms with van der Waals surface area (Å²) in [5, 5.41) is 12.9. The zero-order valence-corrected chi connectivity index (χ0v) is 11.8. The summed E-state index contributed by atoms with van der Waals surface area (Å²) in [5.74, 6) is -0.217. The van der Waals surface area contributed by atoms with Gasteiger partial charge in [-0.15, -0.1) is 0 Å². The Kier molecular flexibility index (Phi) is 4.55. The first-order chi connectivity index (χ1) is 8.97. The van der Waals surface area contributed by atoms with Crippen molar-refractivity contribution in [3.05, 3.63) is 27.7 Å². The van der Waals surface area contributed by atoms with Crippen molar-refractivity contribution in [1.29, 1.82) is 0 Å². The number of anilines is 1. The number of carbonyl (C=O) groups is 1. The molecule has 1 aliphatic carbocycles. The molecule has 6 heteroatoms. The Hall–Kier alpha value is -0.970. The number of nitrogen functional groups attached to an aromatic ring is 1. The maximum absolute atomic E-state index is 12.1. The van der Waals surface area contributed by atoms with Crippen LogP contribution in [-0.2, 0) is 0 Å². The molecule has 0 atom stereocenters. The van der Waals surface area contributed by atoms with Crippen LogP contribution in [0.2, 0.25) is 10.0 Å². The molecule has 0 spiro atoms. The second kappa shape index (κ2) is 5.99. The van der Waals surface area contributed by atoms with E-state index in [1.54, 1.807) is 0 Å². The Morgan fingerprint density at radius 3 is 2.26 bits per heavy atom. The molecule has 19 heavy (non-hydrogen) atoms. The molecular formula is C13H16Cl2N2O2. The number of aliphatic hydroxyl groups is 1. The highest BCUT2D eigenvalue weighted by Gasteiger charge is 2.21. The number of benzene rings is 1. The molecule has 1 aromatic carbocycles. The fourth-order valence-corrected chi connectivity index (χ4v) is 2.69. The van der Waals surface area contributed by atoms with Crippen molar-refractivity contribution in [3.63, 3.8) is 0 Å². The average Bonchev–Trinajstić information content (AvgIpc) is 2.38. The van der Waals surface area contributed by atoms with Gasteiger partial charge in [0.15, 0.2) is 0 Å². The van der Waals surface area contributed by atoms with Gasteiger partial charge in [0.05, 0.1) is 21.8 Å². The molecule has 0 bridgehead atoms. The lowest BCUT2D eigenvalue weighted by Crippen LogP contribution is -2.38. The molecule has 1 saturated carbocycles. The normalized spacial score (nSPS) is 23.1. The molecule has 2 rings (SSSR count). The van der Waals surface area contributed by atoms with Crippen molar-refractivity contribution in [2.75, 3.05) is 5.73 Å². The van der Waals surface area contributed by atoms with Crippen LogP contribution in [0.3, 0.4) is 0 Å². The molecule has 104 valence electrons. The first kappa shape index (κ1) is 14.4. The minimum atomic E-state index is -0.242. The van der Waals surface area contributed by atoms with E-state index in [2.05, 4.69) is 5.32 Å². The van der Waals surface area contributed by atoms with Crippen LogP contribution in [-0.4, -0.2) is 23.2 Å². The van der Waals surface area contributed by atoms with E-state index in [1.807, 2.05) is 0 Å². The first-order valence-electron chi connectivity index (χ1n) is 6.21. The second-order valence-electron chi connectivity index (χ2n) is 4.83. The van der Waals surface area contributed by atoms with E-state index in [0.717, 1.165) is 12.8 Å². The van der Waals surface area contributed by atoms with Crippen molar-refractivity contribution in [2.45, 2.75) is 37.8 Å². The predicted octanol–water partition coefficient (Wildman–Crippen LogP) is 2.61. The number of aliphatic hydroxyl groups excluding tert-OH is 1. The van der Waals surface area contributed by atoms with Gasteiger partial charge in [0.2, 0.25) is 0 Å². The number of amides is 1. The molecule has 1 amide bonds. The molecule has 0 radical (unpaired) electrons. The molecular weight excluding hydrogens is 287 g/mol. The van der Waals surface area contributed by atoms with Gasteiger partial charge in [-0.3, -0.25) is 4.79 Å². The Labute approximate surface area is 121 Å². The average molecular weight is 303 g/mol.